The number of benzene rings is 2. The van der Waals surface area contributed by atoms with E-state index in [1.54, 1.807) is 12.1 Å². The van der Waals surface area contributed by atoms with Crippen molar-refractivity contribution in [3.05, 3.63) is 59.4 Å². The van der Waals surface area contributed by atoms with E-state index in [1.807, 2.05) is 0 Å². The van der Waals surface area contributed by atoms with Crippen LogP contribution in [0.2, 0.25) is 0 Å². The van der Waals surface area contributed by atoms with Crippen molar-refractivity contribution in [2.75, 3.05) is 13.2 Å². The molecule has 0 saturated carbocycles. The van der Waals surface area contributed by atoms with Crippen LogP contribution in [0.25, 0.3) is 11.1 Å². The Balaban J connectivity index is 1.63. The first-order valence-corrected chi connectivity index (χ1v) is 8.93. The molecule has 0 aliphatic carbocycles. The summed E-state index contributed by atoms with van der Waals surface area (Å²) in [6.07, 6.45) is -1.29. The van der Waals surface area contributed by atoms with Crippen LogP contribution in [0.15, 0.2) is 36.4 Å². The van der Waals surface area contributed by atoms with E-state index in [4.69, 9.17) is 4.74 Å². The Bertz CT molecular complexity index is 903. The van der Waals surface area contributed by atoms with Gasteiger partial charge < -0.3 is 15.4 Å². The monoisotopic (exact) mass is 394 g/mol. The number of carbonyl (C=O) groups is 1. The first kappa shape index (κ1) is 18.9. The van der Waals surface area contributed by atoms with Crippen molar-refractivity contribution in [1.82, 2.24) is 10.6 Å². The van der Waals surface area contributed by atoms with Gasteiger partial charge in [0.2, 0.25) is 0 Å². The van der Waals surface area contributed by atoms with Gasteiger partial charge in [-0.3, -0.25) is 4.79 Å². The predicted molar refractivity (Wildman–Crippen MR) is 93.6 cm³/mol. The minimum Gasteiger partial charge on any atom is -0.342 e. The SMILES string of the molecule is O=C1NC2(CCNC2Cc2cccc(-c3cc(F)cc(F)c3)c2F)COC1F. The number of nitrogens with one attached hydrogen (secondary N) is 2. The fourth-order valence-corrected chi connectivity index (χ4v) is 3.95. The quantitative estimate of drug-likeness (QED) is 0.788. The number of halogens is 4. The third-order valence-electron chi connectivity index (χ3n) is 5.37. The lowest BCUT2D eigenvalue weighted by Crippen LogP contribution is -2.65. The van der Waals surface area contributed by atoms with E-state index in [-0.39, 0.29) is 30.2 Å². The van der Waals surface area contributed by atoms with Gasteiger partial charge in [-0.25, -0.2) is 17.6 Å². The summed E-state index contributed by atoms with van der Waals surface area (Å²) in [6.45, 7) is 0.537. The second kappa shape index (κ2) is 7.18. The predicted octanol–water partition coefficient (Wildman–Crippen LogP) is 2.86. The van der Waals surface area contributed by atoms with Crippen molar-refractivity contribution in [3.63, 3.8) is 0 Å². The smallest absolute Gasteiger partial charge is 0.282 e. The Kier molecular flexibility index (Phi) is 4.84. The van der Waals surface area contributed by atoms with Gasteiger partial charge in [0.1, 0.15) is 17.5 Å². The molecule has 2 aromatic rings. The van der Waals surface area contributed by atoms with Gasteiger partial charge in [0.25, 0.3) is 12.3 Å². The molecule has 2 N–H and O–H groups in total. The number of alkyl halides is 1. The fourth-order valence-electron chi connectivity index (χ4n) is 3.95. The normalized spacial score (nSPS) is 27.2. The standard InChI is InChI=1S/C20H18F4N2O2/c21-13-6-12(7-14(22)9-13)15-3-1-2-11(17(15)23)8-16-20(4-5-25-16)10-28-18(24)19(27)26-20/h1-3,6-7,9,16,18,25H,4-5,8,10H2,(H,26,27). The Labute approximate surface area is 158 Å². The highest BCUT2D eigenvalue weighted by molar-refractivity contribution is 5.81. The van der Waals surface area contributed by atoms with Crippen molar-refractivity contribution in [2.45, 2.75) is 30.8 Å². The summed E-state index contributed by atoms with van der Waals surface area (Å²) >= 11 is 0. The van der Waals surface area contributed by atoms with Crippen molar-refractivity contribution in [1.29, 1.82) is 0 Å². The Morgan fingerprint density at radius 1 is 1.14 bits per heavy atom. The number of ether oxygens (including phenoxy) is 1. The van der Waals surface area contributed by atoms with Gasteiger partial charge in [-0.05, 0) is 42.6 Å². The first-order valence-electron chi connectivity index (χ1n) is 8.93. The molecule has 148 valence electrons. The molecular weight excluding hydrogens is 376 g/mol. The van der Waals surface area contributed by atoms with Crippen molar-refractivity contribution in [3.8, 4) is 11.1 Å². The molecule has 1 amide bonds. The number of carbonyl (C=O) groups excluding carboxylic acids is 1. The van der Waals surface area contributed by atoms with E-state index >= 15 is 4.39 Å². The third-order valence-corrected chi connectivity index (χ3v) is 5.37. The lowest BCUT2D eigenvalue weighted by atomic mass is 9.85. The largest absolute Gasteiger partial charge is 0.342 e. The summed E-state index contributed by atoms with van der Waals surface area (Å²) in [6, 6.07) is 7.11. The van der Waals surface area contributed by atoms with Crippen LogP contribution in [-0.2, 0) is 16.0 Å². The number of morpholine rings is 1. The fraction of sp³-hybridized carbons (Fsp3) is 0.350. The Morgan fingerprint density at radius 3 is 2.61 bits per heavy atom. The lowest BCUT2D eigenvalue weighted by Gasteiger charge is -2.39. The molecule has 2 aliphatic rings. The summed E-state index contributed by atoms with van der Waals surface area (Å²) in [5.74, 6) is -3.02. The number of amides is 1. The van der Waals surface area contributed by atoms with Crippen LogP contribution in [0.4, 0.5) is 17.6 Å². The second-order valence-corrected chi connectivity index (χ2v) is 7.17. The summed E-state index contributed by atoms with van der Waals surface area (Å²) in [5.41, 5.74) is -0.332. The van der Waals surface area contributed by atoms with Crippen LogP contribution < -0.4 is 10.6 Å². The van der Waals surface area contributed by atoms with Gasteiger partial charge in [-0.1, -0.05) is 18.2 Å². The summed E-state index contributed by atoms with van der Waals surface area (Å²) < 4.78 is 60.5. The maximum absolute atomic E-state index is 15.1. The molecule has 2 fully saturated rings. The van der Waals surface area contributed by atoms with E-state index in [1.165, 1.54) is 6.07 Å². The second-order valence-electron chi connectivity index (χ2n) is 7.17. The molecule has 2 aliphatic heterocycles. The first-order chi connectivity index (χ1) is 13.4. The molecule has 0 aromatic heterocycles. The molecule has 2 aromatic carbocycles. The Morgan fingerprint density at radius 2 is 1.89 bits per heavy atom. The lowest BCUT2D eigenvalue weighted by molar-refractivity contribution is -0.162. The van der Waals surface area contributed by atoms with Gasteiger partial charge in [-0.15, -0.1) is 0 Å². The molecule has 4 nitrogen and oxygen atoms in total. The summed E-state index contributed by atoms with van der Waals surface area (Å²) in [7, 11) is 0. The van der Waals surface area contributed by atoms with E-state index in [2.05, 4.69) is 10.6 Å². The average Bonchev–Trinajstić information content (AvgIpc) is 3.01. The van der Waals surface area contributed by atoms with Crippen LogP contribution in [0, 0.1) is 17.5 Å². The maximum atomic E-state index is 15.1. The highest BCUT2D eigenvalue weighted by Crippen LogP contribution is 2.32. The van der Waals surface area contributed by atoms with Gasteiger partial charge in [0, 0.05) is 17.7 Å². The molecule has 0 radical (unpaired) electrons. The molecule has 2 saturated heterocycles. The molecule has 4 rings (SSSR count). The molecule has 1 spiro atoms. The molecule has 0 bridgehead atoms. The number of hydrogen-bond donors (Lipinski definition) is 2. The molecule has 2 heterocycles. The highest BCUT2D eigenvalue weighted by atomic mass is 19.2. The van der Waals surface area contributed by atoms with E-state index in [0.29, 0.717) is 18.5 Å². The van der Waals surface area contributed by atoms with Crippen LogP contribution >= 0.6 is 0 Å². The highest BCUT2D eigenvalue weighted by Gasteiger charge is 2.49. The van der Waals surface area contributed by atoms with E-state index < -0.39 is 35.3 Å². The van der Waals surface area contributed by atoms with Gasteiger partial charge in [0.05, 0.1) is 12.1 Å². The zero-order valence-corrected chi connectivity index (χ0v) is 14.8. The maximum Gasteiger partial charge on any atom is 0.282 e. The summed E-state index contributed by atoms with van der Waals surface area (Å²) in [5, 5.41) is 5.87. The average molecular weight is 394 g/mol. The molecule has 3 unspecified atom stereocenters. The minimum absolute atomic E-state index is 0.0199. The van der Waals surface area contributed by atoms with Gasteiger partial charge >= 0.3 is 0 Å². The molecular formula is C20H18F4N2O2. The van der Waals surface area contributed by atoms with Crippen molar-refractivity contribution >= 4 is 5.91 Å². The van der Waals surface area contributed by atoms with E-state index in [9.17, 15) is 18.0 Å². The Hall–Kier alpha value is -2.45. The zero-order valence-electron chi connectivity index (χ0n) is 14.8. The van der Waals surface area contributed by atoms with Crippen molar-refractivity contribution < 1.29 is 27.1 Å². The zero-order chi connectivity index (χ0) is 19.9. The summed E-state index contributed by atoms with van der Waals surface area (Å²) in [4.78, 5) is 11.7. The minimum atomic E-state index is -2.00. The topological polar surface area (TPSA) is 50.4 Å². The van der Waals surface area contributed by atoms with Gasteiger partial charge in [-0.2, -0.15) is 0 Å². The van der Waals surface area contributed by atoms with E-state index in [0.717, 1.165) is 18.2 Å². The third kappa shape index (κ3) is 3.38. The van der Waals surface area contributed by atoms with Gasteiger partial charge in [0.15, 0.2) is 0 Å². The van der Waals surface area contributed by atoms with Crippen molar-refractivity contribution in [2.24, 2.45) is 0 Å². The molecule has 28 heavy (non-hydrogen) atoms. The molecule has 8 heteroatoms. The number of rotatable bonds is 3. The van der Waals surface area contributed by atoms with Crippen LogP contribution in [0.5, 0.6) is 0 Å². The van der Waals surface area contributed by atoms with Crippen LogP contribution in [-0.4, -0.2) is 37.0 Å². The van der Waals surface area contributed by atoms with Crippen LogP contribution in [0.1, 0.15) is 12.0 Å². The number of hydrogen-bond acceptors (Lipinski definition) is 3. The van der Waals surface area contributed by atoms with Crippen LogP contribution in [0.3, 0.4) is 0 Å². The molecule has 3 atom stereocenters.